The van der Waals surface area contributed by atoms with Crippen LogP contribution >= 0.6 is 0 Å². The third-order valence-corrected chi connectivity index (χ3v) is 2.25. The van der Waals surface area contributed by atoms with Crippen LogP contribution in [-0.2, 0) is 0 Å². The molecular weight excluding hydrogens is 184 g/mol. The lowest BCUT2D eigenvalue weighted by Crippen LogP contribution is -1.89. The van der Waals surface area contributed by atoms with E-state index in [2.05, 4.69) is 11.1 Å². The van der Waals surface area contributed by atoms with Crippen molar-refractivity contribution >= 4 is 0 Å². The molecule has 15 heavy (non-hydrogen) atoms. The predicted octanol–water partition coefficient (Wildman–Crippen LogP) is 2.93. The van der Waals surface area contributed by atoms with Crippen molar-refractivity contribution in [3.05, 3.63) is 53.7 Å². The van der Waals surface area contributed by atoms with Crippen molar-refractivity contribution in [1.29, 1.82) is 5.26 Å². The quantitative estimate of drug-likeness (QED) is 0.699. The highest BCUT2D eigenvalue weighted by molar-refractivity contribution is 5.63. The molecule has 0 unspecified atom stereocenters. The number of pyridine rings is 1. The molecule has 0 aliphatic rings. The van der Waals surface area contributed by atoms with Gasteiger partial charge in [0.1, 0.15) is 6.07 Å². The number of rotatable bonds is 1. The van der Waals surface area contributed by atoms with Gasteiger partial charge in [0.25, 0.3) is 0 Å². The fraction of sp³-hybridized carbons (Fsp3) is 0.0769. The van der Waals surface area contributed by atoms with E-state index in [-0.39, 0.29) is 0 Å². The Kier molecular flexibility index (Phi) is 2.47. The van der Waals surface area contributed by atoms with Crippen molar-refractivity contribution in [2.45, 2.75) is 6.92 Å². The second kappa shape index (κ2) is 3.93. The van der Waals surface area contributed by atoms with E-state index in [4.69, 9.17) is 5.26 Å². The minimum Gasteiger partial charge on any atom is -0.255 e. The summed E-state index contributed by atoms with van der Waals surface area (Å²) in [6, 6.07) is 13.9. The summed E-state index contributed by atoms with van der Waals surface area (Å²) in [5.41, 5.74) is 3.65. The number of hydrogen-bond acceptors (Lipinski definition) is 2. The highest BCUT2D eigenvalue weighted by Gasteiger charge is 2.03. The van der Waals surface area contributed by atoms with Crippen molar-refractivity contribution in [1.82, 2.24) is 4.98 Å². The Hall–Kier alpha value is -2.14. The first-order valence-corrected chi connectivity index (χ1v) is 4.73. The monoisotopic (exact) mass is 194 g/mol. The van der Waals surface area contributed by atoms with Gasteiger partial charge in [-0.05, 0) is 18.6 Å². The van der Waals surface area contributed by atoms with Crippen molar-refractivity contribution in [2.24, 2.45) is 0 Å². The molecule has 0 amide bonds. The van der Waals surface area contributed by atoms with Crippen LogP contribution in [0.1, 0.15) is 11.1 Å². The van der Waals surface area contributed by atoms with Gasteiger partial charge in [-0.3, -0.25) is 4.98 Å². The molecule has 0 bridgehead atoms. The fourth-order valence-electron chi connectivity index (χ4n) is 1.53. The lowest BCUT2D eigenvalue weighted by atomic mass is 10.1. The van der Waals surface area contributed by atoms with E-state index in [9.17, 15) is 0 Å². The summed E-state index contributed by atoms with van der Waals surface area (Å²) in [4.78, 5) is 4.30. The van der Waals surface area contributed by atoms with Gasteiger partial charge >= 0.3 is 0 Å². The molecule has 72 valence electrons. The predicted molar refractivity (Wildman–Crippen MR) is 59.1 cm³/mol. The third kappa shape index (κ3) is 1.87. The molecule has 1 aromatic carbocycles. The Balaban J connectivity index is 2.52. The van der Waals surface area contributed by atoms with Gasteiger partial charge in [-0.2, -0.15) is 5.26 Å². The second-order valence-corrected chi connectivity index (χ2v) is 3.37. The normalized spacial score (nSPS) is 9.60. The summed E-state index contributed by atoms with van der Waals surface area (Å²) in [7, 11) is 0. The molecule has 0 fully saturated rings. The summed E-state index contributed by atoms with van der Waals surface area (Å²) < 4.78 is 0. The molecule has 1 heterocycles. The zero-order valence-electron chi connectivity index (χ0n) is 8.44. The lowest BCUT2D eigenvalue weighted by Gasteiger charge is -2.04. The van der Waals surface area contributed by atoms with Gasteiger partial charge in [0.2, 0.25) is 0 Å². The zero-order valence-corrected chi connectivity index (χ0v) is 8.44. The first kappa shape index (κ1) is 9.42. The largest absolute Gasteiger partial charge is 0.255 e. The van der Waals surface area contributed by atoms with Crippen LogP contribution in [0, 0.1) is 18.3 Å². The molecule has 0 aliphatic carbocycles. The molecule has 2 rings (SSSR count). The number of benzene rings is 1. The molecule has 2 heteroatoms. The summed E-state index contributed by atoms with van der Waals surface area (Å²) >= 11 is 0. The van der Waals surface area contributed by atoms with Gasteiger partial charge < -0.3 is 0 Å². The second-order valence-electron chi connectivity index (χ2n) is 3.37. The first-order chi connectivity index (χ1) is 7.31. The Morgan fingerprint density at radius 1 is 1.20 bits per heavy atom. The van der Waals surface area contributed by atoms with E-state index < -0.39 is 0 Å². The summed E-state index contributed by atoms with van der Waals surface area (Å²) in [6.45, 7) is 1.97. The van der Waals surface area contributed by atoms with Gasteiger partial charge in [-0.15, -0.1) is 0 Å². The van der Waals surface area contributed by atoms with E-state index in [1.54, 1.807) is 6.20 Å². The van der Waals surface area contributed by atoms with Crippen LogP contribution in [-0.4, -0.2) is 4.98 Å². The highest BCUT2D eigenvalue weighted by atomic mass is 14.7. The van der Waals surface area contributed by atoms with Crippen LogP contribution in [0.15, 0.2) is 42.6 Å². The Morgan fingerprint density at radius 3 is 2.53 bits per heavy atom. The highest BCUT2D eigenvalue weighted by Crippen LogP contribution is 2.20. The van der Waals surface area contributed by atoms with Crippen molar-refractivity contribution < 1.29 is 0 Å². The van der Waals surface area contributed by atoms with Gasteiger partial charge in [0.15, 0.2) is 0 Å². The Morgan fingerprint density at radius 2 is 1.93 bits per heavy atom. The third-order valence-electron chi connectivity index (χ3n) is 2.25. The summed E-state index contributed by atoms with van der Waals surface area (Å²) in [6.07, 6.45) is 1.61. The fourth-order valence-corrected chi connectivity index (χ4v) is 1.53. The number of hydrogen-bond donors (Lipinski definition) is 0. The maximum Gasteiger partial charge on any atom is 0.101 e. The summed E-state index contributed by atoms with van der Waals surface area (Å²) in [5.74, 6) is 0. The average molecular weight is 194 g/mol. The number of nitriles is 1. The SMILES string of the molecule is Cc1cc(C#N)cnc1-c1ccccc1. The molecule has 0 saturated heterocycles. The van der Waals surface area contributed by atoms with E-state index in [1.807, 2.05) is 43.3 Å². The zero-order chi connectivity index (χ0) is 10.7. The Labute approximate surface area is 88.8 Å². The molecule has 0 aliphatic heterocycles. The summed E-state index contributed by atoms with van der Waals surface area (Å²) in [5, 5.41) is 8.73. The topological polar surface area (TPSA) is 36.7 Å². The van der Waals surface area contributed by atoms with Crippen LogP contribution in [0.2, 0.25) is 0 Å². The lowest BCUT2D eigenvalue weighted by molar-refractivity contribution is 1.25. The van der Waals surface area contributed by atoms with Crippen molar-refractivity contribution in [2.75, 3.05) is 0 Å². The van der Waals surface area contributed by atoms with E-state index in [0.717, 1.165) is 16.8 Å². The molecule has 0 N–H and O–H groups in total. The Bertz CT molecular complexity index is 510. The standard InChI is InChI=1S/C13H10N2/c1-10-7-11(8-14)9-15-13(10)12-5-3-2-4-6-12/h2-7,9H,1H3. The van der Waals surface area contributed by atoms with Gasteiger partial charge in [0.05, 0.1) is 11.3 Å². The average Bonchev–Trinajstić information content (AvgIpc) is 2.30. The van der Waals surface area contributed by atoms with E-state index in [1.165, 1.54) is 0 Å². The van der Waals surface area contributed by atoms with Crippen molar-refractivity contribution in [3.63, 3.8) is 0 Å². The van der Waals surface area contributed by atoms with E-state index in [0.29, 0.717) is 5.56 Å². The first-order valence-electron chi connectivity index (χ1n) is 4.73. The minimum absolute atomic E-state index is 0.604. The maximum absolute atomic E-state index is 8.73. The maximum atomic E-state index is 8.73. The number of nitrogens with zero attached hydrogens (tertiary/aromatic N) is 2. The molecule has 1 aromatic heterocycles. The molecule has 2 nitrogen and oxygen atoms in total. The minimum atomic E-state index is 0.604. The van der Waals surface area contributed by atoms with Crippen molar-refractivity contribution in [3.8, 4) is 17.3 Å². The van der Waals surface area contributed by atoms with Crippen LogP contribution < -0.4 is 0 Å². The van der Waals surface area contributed by atoms with Crippen LogP contribution in [0.5, 0.6) is 0 Å². The smallest absolute Gasteiger partial charge is 0.101 e. The molecule has 0 saturated carbocycles. The molecule has 0 atom stereocenters. The van der Waals surface area contributed by atoms with Gasteiger partial charge in [-0.1, -0.05) is 30.3 Å². The van der Waals surface area contributed by atoms with E-state index >= 15 is 0 Å². The van der Waals surface area contributed by atoms with Crippen LogP contribution in [0.25, 0.3) is 11.3 Å². The molecule has 0 spiro atoms. The van der Waals surface area contributed by atoms with Gasteiger partial charge in [-0.25, -0.2) is 0 Å². The molecule has 0 radical (unpaired) electrons. The molecule has 2 aromatic rings. The molecular formula is C13H10N2. The van der Waals surface area contributed by atoms with Gasteiger partial charge in [0, 0.05) is 11.8 Å². The van der Waals surface area contributed by atoms with Crippen LogP contribution in [0.3, 0.4) is 0 Å². The number of aromatic nitrogens is 1. The number of aryl methyl sites for hydroxylation is 1. The van der Waals surface area contributed by atoms with Crippen LogP contribution in [0.4, 0.5) is 0 Å².